The minimum absolute atomic E-state index is 1.15. The van der Waals surface area contributed by atoms with E-state index < -0.39 is 0 Å². The highest BCUT2D eigenvalue weighted by Gasteiger charge is 2.04. The summed E-state index contributed by atoms with van der Waals surface area (Å²) in [6.45, 7) is 5.81. The predicted octanol–water partition coefficient (Wildman–Crippen LogP) is 4.30. The Balaban J connectivity index is 3.02. The molecule has 0 aliphatic carbocycles. The summed E-state index contributed by atoms with van der Waals surface area (Å²) in [6, 6.07) is 6.37. The van der Waals surface area contributed by atoms with Gasteiger partial charge >= 0.3 is 0 Å². The Morgan fingerprint density at radius 3 is 2.69 bits per heavy atom. The molecule has 13 heavy (non-hydrogen) atoms. The first-order valence-corrected chi connectivity index (χ1v) is 6.00. The van der Waals surface area contributed by atoms with Crippen molar-refractivity contribution in [3.05, 3.63) is 46.8 Å². The van der Waals surface area contributed by atoms with Crippen LogP contribution < -0.4 is 0 Å². The lowest BCUT2D eigenvalue weighted by molar-refractivity contribution is 1.23. The van der Waals surface area contributed by atoms with Crippen LogP contribution in [0.2, 0.25) is 0 Å². The molecule has 0 unspecified atom stereocenters. The fourth-order valence-electron chi connectivity index (χ4n) is 1.03. The fraction of sp³-hybridized carbons (Fsp3) is 0.182. The lowest BCUT2D eigenvalue weighted by Gasteiger charge is -2.08. The van der Waals surface area contributed by atoms with Crippen LogP contribution in [0.1, 0.15) is 12.5 Å². The molecule has 1 aromatic rings. The van der Waals surface area contributed by atoms with Crippen molar-refractivity contribution in [1.82, 2.24) is 0 Å². The van der Waals surface area contributed by atoms with Gasteiger partial charge < -0.3 is 0 Å². The summed E-state index contributed by atoms with van der Waals surface area (Å²) in [5, 5.41) is 0. The van der Waals surface area contributed by atoms with Gasteiger partial charge in [0.05, 0.1) is 0 Å². The third-order valence-corrected chi connectivity index (χ3v) is 3.63. The molecule has 69 valence electrons. The Bertz CT molecular complexity index is 307. The lowest BCUT2D eigenvalue weighted by Crippen LogP contribution is -1.89. The third-order valence-electron chi connectivity index (χ3n) is 1.91. The van der Waals surface area contributed by atoms with Crippen LogP contribution in [0, 0.1) is 5.92 Å². The smallest absolute Gasteiger partial charge is 0.0314 e. The van der Waals surface area contributed by atoms with Gasteiger partial charge in [-0.2, -0.15) is 0 Å². The maximum atomic E-state index is 3.75. The number of benzene rings is 1. The summed E-state index contributed by atoms with van der Waals surface area (Å²) in [6.07, 6.45) is 3.95. The molecule has 2 heteroatoms. The third kappa shape index (κ3) is 2.61. The van der Waals surface area contributed by atoms with E-state index >= 15 is 0 Å². The molecule has 0 aromatic heterocycles. The average Bonchev–Trinajstić information content (AvgIpc) is 2.16. The maximum Gasteiger partial charge on any atom is 0.0314 e. The monoisotopic (exact) mass is 255 g/mol. The van der Waals surface area contributed by atoms with Crippen LogP contribution >= 0.6 is 27.7 Å². The quantitative estimate of drug-likeness (QED) is 0.726. The van der Waals surface area contributed by atoms with Crippen LogP contribution in [-0.4, -0.2) is 6.26 Å². The summed E-state index contributed by atoms with van der Waals surface area (Å²) in [5.74, 6) is 1.20. The van der Waals surface area contributed by atoms with Gasteiger partial charge in [-0.1, -0.05) is 19.1 Å². The number of hydrogen-bond donors (Lipinski definition) is 0. The van der Waals surface area contributed by atoms with Gasteiger partial charge in [0.2, 0.25) is 0 Å². The molecule has 0 aliphatic heterocycles. The second-order valence-corrected chi connectivity index (χ2v) is 4.44. The molecule has 0 heterocycles. The SMILES string of the molecule is C=C[C](C)c1ccc(SC)c(Br)c1. The second kappa shape index (κ2) is 4.87. The molecule has 0 atom stereocenters. The highest BCUT2D eigenvalue weighted by atomic mass is 79.9. The van der Waals surface area contributed by atoms with Crippen molar-refractivity contribution in [3.8, 4) is 0 Å². The zero-order chi connectivity index (χ0) is 9.84. The Kier molecular flexibility index (Phi) is 4.07. The Morgan fingerprint density at radius 1 is 1.54 bits per heavy atom. The minimum Gasteiger partial charge on any atom is -0.128 e. The zero-order valence-corrected chi connectivity index (χ0v) is 10.2. The average molecular weight is 256 g/mol. The summed E-state index contributed by atoms with van der Waals surface area (Å²) >= 11 is 5.28. The number of allylic oxidation sites excluding steroid dienone is 1. The molecule has 0 spiro atoms. The van der Waals surface area contributed by atoms with E-state index in [1.165, 1.54) is 16.4 Å². The van der Waals surface area contributed by atoms with Gasteiger partial charge in [-0.25, -0.2) is 0 Å². The van der Waals surface area contributed by atoms with Gasteiger partial charge in [-0.3, -0.25) is 0 Å². The molecule has 0 saturated carbocycles. The van der Waals surface area contributed by atoms with Gasteiger partial charge in [0.1, 0.15) is 0 Å². The lowest BCUT2D eigenvalue weighted by atomic mass is 10.0. The van der Waals surface area contributed by atoms with Gasteiger partial charge in [0, 0.05) is 15.3 Å². The first-order valence-electron chi connectivity index (χ1n) is 3.99. The Hall–Kier alpha value is -0.210. The molecule has 0 aliphatic rings. The normalized spacial score (nSPS) is 10.5. The van der Waals surface area contributed by atoms with Crippen LogP contribution in [0.5, 0.6) is 0 Å². The van der Waals surface area contributed by atoms with E-state index in [0.29, 0.717) is 0 Å². The van der Waals surface area contributed by atoms with Crippen LogP contribution in [0.25, 0.3) is 0 Å². The largest absolute Gasteiger partial charge is 0.128 e. The van der Waals surface area contributed by atoms with Crippen molar-refractivity contribution in [3.63, 3.8) is 0 Å². The topological polar surface area (TPSA) is 0 Å². The molecule has 0 amide bonds. The molecule has 0 N–H and O–H groups in total. The Labute approximate surface area is 92.6 Å². The van der Waals surface area contributed by atoms with Crippen molar-refractivity contribution in [2.24, 2.45) is 0 Å². The van der Waals surface area contributed by atoms with E-state index in [1.807, 2.05) is 6.08 Å². The number of rotatable bonds is 3. The van der Waals surface area contributed by atoms with E-state index in [0.717, 1.165) is 4.47 Å². The van der Waals surface area contributed by atoms with Crippen LogP contribution in [-0.2, 0) is 0 Å². The van der Waals surface area contributed by atoms with Gasteiger partial charge in [-0.15, -0.1) is 18.3 Å². The molecule has 1 aromatic carbocycles. The molecular weight excluding hydrogens is 244 g/mol. The van der Waals surface area contributed by atoms with Crippen LogP contribution in [0.4, 0.5) is 0 Å². The number of thioether (sulfide) groups is 1. The predicted molar refractivity (Wildman–Crippen MR) is 64.1 cm³/mol. The maximum absolute atomic E-state index is 3.75. The van der Waals surface area contributed by atoms with Crippen molar-refractivity contribution < 1.29 is 0 Å². The van der Waals surface area contributed by atoms with Crippen molar-refractivity contribution in [2.45, 2.75) is 11.8 Å². The van der Waals surface area contributed by atoms with Crippen LogP contribution in [0.3, 0.4) is 0 Å². The highest BCUT2D eigenvalue weighted by molar-refractivity contribution is 9.10. The summed E-state index contributed by atoms with van der Waals surface area (Å²) in [5.41, 5.74) is 1.22. The number of hydrogen-bond acceptors (Lipinski definition) is 1. The van der Waals surface area contributed by atoms with Crippen molar-refractivity contribution in [1.29, 1.82) is 0 Å². The van der Waals surface area contributed by atoms with E-state index in [1.54, 1.807) is 11.8 Å². The van der Waals surface area contributed by atoms with Crippen molar-refractivity contribution >= 4 is 27.7 Å². The van der Waals surface area contributed by atoms with E-state index in [-0.39, 0.29) is 0 Å². The first kappa shape index (κ1) is 10.9. The van der Waals surface area contributed by atoms with E-state index in [2.05, 4.69) is 53.9 Å². The zero-order valence-electron chi connectivity index (χ0n) is 7.80. The molecule has 0 nitrogen and oxygen atoms in total. The summed E-state index contributed by atoms with van der Waals surface area (Å²) in [7, 11) is 0. The number of halogens is 1. The van der Waals surface area contributed by atoms with Gasteiger partial charge in [-0.05, 0) is 39.9 Å². The van der Waals surface area contributed by atoms with Crippen LogP contribution in [0.15, 0.2) is 40.2 Å². The first-order chi connectivity index (χ1) is 6.19. The standard InChI is InChI=1S/C11H12BrS/c1-4-8(2)9-5-6-11(13-3)10(12)7-9/h4-7H,1H2,2-3H3. The second-order valence-electron chi connectivity index (χ2n) is 2.74. The minimum atomic E-state index is 1.15. The highest BCUT2D eigenvalue weighted by Crippen LogP contribution is 2.28. The molecule has 1 rings (SSSR count). The molecule has 0 fully saturated rings. The van der Waals surface area contributed by atoms with Gasteiger partial charge in [0.15, 0.2) is 0 Å². The molecule has 0 bridgehead atoms. The summed E-state index contributed by atoms with van der Waals surface area (Å²) in [4.78, 5) is 1.26. The fourth-order valence-corrected chi connectivity index (χ4v) is 2.35. The molecule has 0 saturated heterocycles. The Morgan fingerprint density at radius 2 is 2.23 bits per heavy atom. The van der Waals surface area contributed by atoms with Crippen molar-refractivity contribution in [2.75, 3.05) is 6.26 Å². The molecule has 1 radical (unpaired) electrons. The van der Waals surface area contributed by atoms with E-state index in [4.69, 9.17) is 0 Å². The molecular formula is C11H12BrS. The van der Waals surface area contributed by atoms with Gasteiger partial charge in [0.25, 0.3) is 0 Å². The summed E-state index contributed by atoms with van der Waals surface area (Å²) < 4.78 is 1.15. The van der Waals surface area contributed by atoms with E-state index in [9.17, 15) is 0 Å².